The smallest absolute Gasteiger partial charge is 0.232 e. The van der Waals surface area contributed by atoms with Crippen LogP contribution in [0.1, 0.15) is 18.2 Å². The second-order valence-electron chi connectivity index (χ2n) is 6.70. The van der Waals surface area contributed by atoms with Gasteiger partial charge in [0.15, 0.2) is 11.5 Å². The second-order valence-corrected chi connectivity index (χ2v) is 7.14. The van der Waals surface area contributed by atoms with Crippen molar-refractivity contribution >= 4 is 23.2 Å². The van der Waals surface area contributed by atoms with Crippen LogP contribution in [0.5, 0.6) is 11.5 Å². The lowest BCUT2D eigenvalue weighted by molar-refractivity contribution is -0.117. The minimum atomic E-state index is -0.166. The summed E-state index contributed by atoms with van der Waals surface area (Å²) in [5, 5.41) is 4.64. The Bertz CT molecular complexity index is 1050. The number of halogens is 1. The van der Waals surface area contributed by atoms with Gasteiger partial charge in [-0.2, -0.15) is 4.98 Å². The van der Waals surface area contributed by atoms with Gasteiger partial charge in [0, 0.05) is 35.3 Å². The third-order valence-corrected chi connectivity index (χ3v) is 5.07. The maximum Gasteiger partial charge on any atom is 0.232 e. The molecule has 2 aliphatic heterocycles. The van der Waals surface area contributed by atoms with Crippen LogP contribution < -0.4 is 14.4 Å². The van der Waals surface area contributed by atoms with Crippen molar-refractivity contribution in [1.29, 1.82) is 0 Å². The SMILES string of the molecule is O=C1CC(c2nc(-c3cccc(Cl)c3)no2)CN1c1ccc2c(c1)OCCO2. The summed E-state index contributed by atoms with van der Waals surface area (Å²) in [5.41, 5.74) is 1.54. The van der Waals surface area contributed by atoms with E-state index < -0.39 is 0 Å². The molecule has 8 heteroatoms. The van der Waals surface area contributed by atoms with Gasteiger partial charge in [-0.3, -0.25) is 4.79 Å². The molecule has 5 rings (SSSR count). The van der Waals surface area contributed by atoms with Gasteiger partial charge >= 0.3 is 0 Å². The van der Waals surface area contributed by atoms with Crippen LogP contribution in [0.4, 0.5) is 5.69 Å². The molecule has 0 spiro atoms. The lowest BCUT2D eigenvalue weighted by Gasteiger charge is -2.22. The molecule has 0 saturated carbocycles. The van der Waals surface area contributed by atoms with E-state index in [1.807, 2.05) is 30.3 Å². The summed E-state index contributed by atoms with van der Waals surface area (Å²) >= 11 is 6.03. The molecule has 1 saturated heterocycles. The average Bonchev–Trinajstić information content (AvgIpc) is 3.34. The van der Waals surface area contributed by atoms with E-state index in [0.717, 1.165) is 11.3 Å². The molecule has 2 aromatic carbocycles. The quantitative estimate of drug-likeness (QED) is 0.670. The van der Waals surface area contributed by atoms with Crippen molar-refractivity contribution in [2.24, 2.45) is 0 Å². The van der Waals surface area contributed by atoms with Crippen LogP contribution in [0.2, 0.25) is 5.02 Å². The molecule has 2 aliphatic rings. The Morgan fingerprint density at radius 2 is 1.93 bits per heavy atom. The number of carbonyl (C=O) groups excluding carboxylic acids is 1. The van der Waals surface area contributed by atoms with E-state index in [1.165, 1.54) is 0 Å². The first-order valence-corrected chi connectivity index (χ1v) is 9.35. The number of aromatic nitrogens is 2. The van der Waals surface area contributed by atoms with Gasteiger partial charge in [0.1, 0.15) is 13.2 Å². The zero-order chi connectivity index (χ0) is 19.1. The highest BCUT2D eigenvalue weighted by Crippen LogP contribution is 2.37. The summed E-state index contributed by atoms with van der Waals surface area (Å²) in [5.74, 6) is 2.10. The van der Waals surface area contributed by atoms with Crippen LogP contribution in [-0.4, -0.2) is 35.8 Å². The van der Waals surface area contributed by atoms with Gasteiger partial charge in [-0.15, -0.1) is 0 Å². The molecule has 1 aromatic heterocycles. The van der Waals surface area contributed by atoms with Gasteiger partial charge in [-0.1, -0.05) is 28.9 Å². The molecule has 3 heterocycles. The number of ether oxygens (including phenoxy) is 2. The van der Waals surface area contributed by atoms with Crippen molar-refractivity contribution in [2.45, 2.75) is 12.3 Å². The normalized spacial score (nSPS) is 18.5. The van der Waals surface area contributed by atoms with E-state index in [1.54, 1.807) is 17.0 Å². The number of hydrogen-bond acceptors (Lipinski definition) is 6. The molecule has 3 aromatic rings. The van der Waals surface area contributed by atoms with Crippen LogP contribution in [0.3, 0.4) is 0 Å². The van der Waals surface area contributed by atoms with Crippen LogP contribution in [0.15, 0.2) is 47.0 Å². The summed E-state index contributed by atoms with van der Waals surface area (Å²) in [6.07, 6.45) is 0.311. The van der Waals surface area contributed by atoms with E-state index >= 15 is 0 Å². The fraction of sp³-hybridized carbons (Fsp3) is 0.250. The zero-order valence-corrected chi connectivity index (χ0v) is 15.6. The maximum atomic E-state index is 12.6. The lowest BCUT2D eigenvalue weighted by Crippen LogP contribution is -2.24. The molecule has 0 aliphatic carbocycles. The first kappa shape index (κ1) is 17.1. The van der Waals surface area contributed by atoms with E-state index in [0.29, 0.717) is 54.4 Å². The zero-order valence-electron chi connectivity index (χ0n) is 14.8. The molecule has 142 valence electrons. The number of anilines is 1. The van der Waals surface area contributed by atoms with E-state index in [4.69, 9.17) is 25.6 Å². The third-order valence-electron chi connectivity index (χ3n) is 4.84. The number of fused-ring (bicyclic) bond motifs is 1. The van der Waals surface area contributed by atoms with Crippen molar-refractivity contribution in [3.8, 4) is 22.9 Å². The van der Waals surface area contributed by atoms with Gasteiger partial charge < -0.3 is 18.9 Å². The minimum Gasteiger partial charge on any atom is -0.486 e. The molecular formula is C20H16ClN3O4. The largest absolute Gasteiger partial charge is 0.486 e. The highest BCUT2D eigenvalue weighted by molar-refractivity contribution is 6.30. The first-order valence-electron chi connectivity index (χ1n) is 8.97. The van der Waals surface area contributed by atoms with Gasteiger partial charge in [0.05, 0.1) is 5.92 Å². The molecule has 1 atom stereocenters. The van der Waals surface area contributed by atoms with Gasteiger partial charge in [-0.25, -0.2) is 0 Å². The van der Waals surface area contributed by atoms with Crippen LogP contribution in [0, 0.1) is 0 Å². The standard InChI is InChI=1S/C20H16ClN3O4/c21-14-3-1-2-12(8-14)19-22-20(28-23-19)13-9-18(25)24(11-13)15-4-5-16-17(10-15)27-7-6-26-16/h1-5,8,10,13H,6-7,9,11H2. The second kappa shape index (κ2) is 6.83. The molecular weight excluding hydrogens is 382 g/mol. The maximum absolute atomic E-state index is 12.6. The summed E-state index contributed by atoms with van der Waals surface area (Å²) in [6.45, 7) is 1.50. The topological polar surface area (TPSA) is 77.7 Å². The summed E-state index contributed by atoms with van der Waals surface area (Å²) < 4.78 is 16.6. The monoisotopic (exact) mass is 397 g/mol. The molecule has 1 fully saturated rings. The number of hydrogen-bond donors (Lipinski definition) is 0. The van der Waals surface area contributed by atoms with Gasteiger partial charge in [-0.05, 0) is 24.3 Å². The Labute approximate surface area is 165 Å². The summed E-state index contributed by atoms with van der Waals surface area (Å²) in [7, 11) is 0. The highest BCUT2D eigenvalue weighted by Gasteiger charge is 2.35. The molecule has 1 amide bonds. The van der Waals surface area contributed by atoms with E-state index in [-0.39, 0.29) is 11.8 Å². The summed E-state index contributed by atoms with van der Waals surface area (Å²) in [4.78, 5) is 18.8. The number of amides is 1. The lowest BCUT2D eigenvalue weighted by atomic mass is 10.1. The molecule has 0 radical (unpaired) electrons. The number of nitrogens with zero attached hydrogens (tertiary/aromatic N) is 3. The average molecular weight is 398 g/mol. The first-order chi connectivity index (χ1) is 13.7. The van der Waals surface area contributed by atoms with Gasteiger partial charge in [0.25, 0.3) is 0 Å². The van der Waals surface area contributed by atoms with Crippen LogP contribution in [-0.2, 0) is 4.79 Å². The molecule has 7 nitrogen and oxygen atoms in total. The van der Waals surface area contributed by atoms with Crippen LogP contribution >= 0.6 is 11.6 Å². The van der Waals surface area contributed by atoms with Crippen molar-refractivity contribution in [1.82, 2.24) is 10.1 Å². The fourth-order valence-electron chi connectivity index (χ4n) is 3.47. The summed E-state index contributed by atoms with van der Waals surface area (Å²) in [6, 6.07) is 12.8. The molecule has 0 bridgehead atoms. The third kappa shape index (κ3) is 3.07. The van der Waals surface area contributed by atoms with Crippen LogP contribution in [0.25, 0.3) is 11.4 Å². The Balaban J connectivity index is 1.37. The van der Waals surface area contributed by atoms with Crippen molar-refractivity contribution in [3.05, 3.63) is 53.4 Å². The fourth-order valence-corrected chi connectivity index (χ4v) is 3.66. The van der Waals surface area contributed by atoms with Crippen molar-refractivity contribution < 1.29 is 18.8 Å². The number of rotatable bonds is 3. The number of benzene rings is 2. The Kier molecular flexibility index (Phi) is 4.16. The van der Waals surface area contributed by atoms with E-state index in [2.05, 4.69) is 10.1 Å². The Morgan fingerprint density at radius 1 is 1.07 bits per heavy atom. The molecule has 0 N–H and O–H groups in total. The van der Waals surface area contributed by atoms with Crippen molar-refractivity contribution in [3.63, 3.8) is 0 Å². The van der Waals surface area contributed by atoms with Gasteiger partial charge in [0.2, 0.25) is 17.6 Å². The molecule has 28 heavy (non-hydrogen) atoms. The van der Waals surface area contributed by atoms with Crippen molar-refractivity contribution in [2.75, 3.05) is 24.7 Å². The predicted molar refractivity (Wildman–Crippen MR) is 102 cm³/mol. The highest BCUT2D eigenvalue weighted by atomic mass is 35.5. The Morgan fingerprint density at radius 3 is 2.79 bits per heavy atom. The number of carbonyl (C=O) groups is 1. The predicted octanol–water partition coefficient (Wildman–Crippen LogP) is 3.68. The molecule has 1 unspecified atom stereocenters. The van der Waals surface area contributed by atoms with E-state index in [9.17, 15) is 4.79 Å². The minimum absolute atomic E-state index is 0.00387. The Hall–Kier alpha value is -3.06.